The fraction of sp³-hybridized carbons (Fsp3) is 0.600. The Morgan fingerprint density at radius 2 is 1.71 bits per heavy atom. The number of allylic oxidation sites excluding steroid dienone is 2. The van der Waals surface area contributed by atoms with Gasteiger partial charge in [-0.1, -0.05) is 25.1 Å². The summed E-state index contributed by atoms with van der Waals surface area (Å²) >= 11 is 0. The van der Waals surface area contributed by atoms with Crippen molar-refractivity contribution in [2.24, 2.45) is 17.8 Å². The van der Waals surface area contributed by atoms with Gasteiger partial charge < -0.3 is 19.8 Å². The van der Waals surface area contributed by atoms with Crippen LogP contribution in [-0.4, -0.2) is 70.7 Å². The number of likely N-dealkylation sites (tertiary alicyclic amines) is 1. The first-order valence-corrected chi connectivity index (χ1v) is 14.1. The molecule has 2 aliphatic heterocycles. The minimum atomic E-state index is -0.397. The lowest BCUT2D eigenvalue weighted by atomic mass is 9.85. The molecule has 8 heteroatoms. The highest BCUT2D eigenvalue weighted by molar-refractivity contribution is 5.85. The van der Waals surface area contributed by atoms with Gasteiger partial charge in [0.15, 0.2) is 0 Å². The third-order valence-corrected chi connectivity index (χ3v) is 8.53. The number of hydrogen-bond acceptors (Lipinski definition) is 7. The molecule has 2 saturated heterocycles. The van der Waals surface area contributed by atoms with Crippen molar-refractivity contribution < 1.29 is 14.9 Å². The van der Waals surface area contributed by atoms with Crippen molar-refractivity contribution in [3.8, 4) is 5.75 Å². The fourth-order valence-corrected chi connectivity index (χ4v) is 5.91. The van der Waals surface area contributed by atoms with E-state index in [9.17, 15) is 10.2 Å². The predicted molar refractivity (Wildman–Crippen MR) is 154 cm³/mol. The number of nitrogens with zero attached hydrogens (tertiary/aromatic N) is 4. The first-order valence-electron chi connectivity index (χ1n) is 14.1. The lowest BCUT2D eigenvalue weighted by Crippen LogP contribution is -2.39. The molecule has 0 saturated carbocycles. The molecular weight excluding hydrogens is 500 g/mol. The molecule has 2 fully saturated rings. The number of halogens is 1. The molecule has 7 nitrogen and oxygen atoms in total. The maximum absolute atomic E-state index is 10.8. The largest absolute Gasteiger partial charge is 0.493 e. The van der Waals surface area contributed by atoms with Gasteiger partial charge in [0.25, 0.3) is 0 Å². The van der Waals surface area contributed by atoms with Crippen molar-refractivity contribution in [2.75, 3.05) is 44.3 Å². The van der Waals surface area contributed by atoms with Crippen LogP contribution in [0.1, 0.15) is 56.6 Å². The first-order chi connectivity index (χ1) is 18.1. The molecule has 0 amide bonds. The van der Waals surface area contributed by atoms with Crippen molar-refractivity contribution in [1.82, 2.24) is 14.9 Å². The van der Waals surface area contributed by atoms with Gasteiger partial charge in [0, 0.05) is 51.1 Å². The fourth-order valence-electron chi connectivity index (χ4n) is 5.91. The summed E-state index contributed by atoms with van der Waals surface area (Å²) in [6.45, 7) is 6.74. The van der Waals surface area contributed by atoms with Gasteiger partial charge in [-0.3, -0.25) is 4.90 Å². The molecule has 3 aliphatic rings. The van der Waals surface area contributed by atoms with Crippen LogP contribution in [0.3, 0.4) is 0 Å². The van der Waals surface area contributed by atoms with E-state index in [4.69, 9.17) is 4.74 Å². The lowest BCUT2D eigenvalue weighted by Gasteiger charge is -2.32. The summed E-state index contributed by atoms with van der Waals surface area (Å²) < 4.78 is 6.16. The van der Waals surface area contributed by atoms with Crippen molar-refractivity contribution in [1.29, 1.82) is 0 Å². The van der Waals surface area contributed by atoms with Crippen molar-refractivity contribution in [3.63, 3.8) is 0 Å². The zero-order valence-electron chi connectivity index (χ0n) is 22.5. The van der Waals surface area contributed by atoms with E-state index >= 15 is 0 Å². The Balaban J connectivity index is 0.00000336. The minimum absolute atomic E-state index is 0. The van der Waals surface area contributed by atoms with Crippen LogP contribution in [0.2, 0.25) is 0 Å². The second kappa shape index (κ2) is 13.7. The highest BCUT2D eigenvalue weighted by atomic mass is 35.5. The quantitative estimate of drug-likeness (QED) is 0.480. The maximum Gasteiger partial charge on any atom is 0.225 e. The van der Waals surface area contributed by atoms with Gasteiger partial charge in [0.1, 0.15) is 12.0 Å². The molecule has 5 rings (SSSR count). The van der Waals surface area contributed by atoms with E-state index < -0.39 is 6.23 Å². The third kappa shape index (κ3) is 7.06. The molecule has 208 valence electrons. The van der Waals surface area contributed by atoms with Crippen LogP contribution in [0.15, 0.2) is 42.7 Å². The standard InChI is InChI=1S/C30H42N4O3.ClH/c1-2-22-17-31-30(32-18-22)33-14-11-23(12-15-33)21-37-28-9-7-26(8-10-28)25-3-5-27(6-4-25)29(36)34-16-13-24(19-34)20-35;/h3,7-10,17-18,23-24,27,29,35-36H,2,4-6,11-16,19-21H2,1H3;1H/t24-,27?,29?;/m0./s1. The number of aryl methyl sites for hydroxylation is 1. The molecule has 2 N–H and O–H groups in total. The Bertz CT molecular complexity index is 1020. The second-order valence-corrected chi connectivity index (χ2v) is 11.0. The molecule has 1 aliphatic carbocycles. The molecule has 3 atom stereocenters. The molecular formula is C30H43ClN4O3. The van der Waals surface area contributed by atoms with Crippen LogP contribution >= 0.6 is 12.4 Å². The molecule has 0 radical (unpaired) electrons. The second-order valence-electron chi connectivity index (χ2n) is 11.0. The summed E-state index contributed by atoms with van der Waals surface area (Å²) in [6, 6.07) is 8.53. The highest BCUT2D eigenvalue weighted by Crippen LogP contribution is 2.34. The van der Waals surface area contributed by atoms with Gasteiger partial charge in [-0.15, -0.1) is 12.4 Å². The van der Waals surface area contributed by atoms with Crippen molar-refractivity contribution >= 4 is 23.9 Å². The Labute approximate surface area is 233 Å². The van der Waals surface area contributed by atoms with Crippen LogP contribution < -0.4 is 9.64 Å². The molecule has 1 aromatic carbocycles. The molecule has 2 unspecified atom stereocenters. The van der Waals surface area contributed by atoms with E-state index in [1.807, 2.05) is 12.4 Å². The summed E-state index contributed by atoms with van der Waals surface area (Å²) in [5, 5.41) is 20.2. The Morgan fingerprint density at radius 3 is 2.32 bits per heavy atom. The Hall–Kier alpha value is -2.19. The predicted octanol–water partition coefficient (Wildman–Crippen LogP) is 4.57. The summed E-state index contributed by atoms with van der Waals surface area (Å²) in [6.07, 6.45) is 12.8. The lowest BCUT2D eigenvalue weighted by molar-refractivity contribution is -0.0319. The highest BCUT2D eigenvalue weighted by Gasteiger charge is 2.32. The molecule has 38 heavy (non-hydrogen) atoms. The van der Waals surface area contributed by atoms with Gasteiger partial charge in [-0.25, -0.2) is 9.97 Å². The van der Waals surface area contributed by atoms with E-state index in [-0.39, 0.29) is 24.9 Å². The average molecular weight is 543 g/mol. The van der Waals surface area contributed by atoms with E-state index in [0.717, 1.165) is 89.4 Å². The number of hydrogen-bond donors (Lipinski definition) is 2. The van der Waals surface area contributed by atoms with Crippen LogP contribution in [0.4, 0.5) is 5.95 Å². The van der Waals surface area contributed by atoms with E-state index in [2.05, 4.69) is 57.0 Å². The van der Waals surface area contributed by atoms with E-state index in [1.54, 1.807) is 0 Å². The minimum Gasteiger partial charge on any atom is -0.493 e. The molecule has 1 aromatic heterocycles. The zero-order valence-corrected chi connectivity index (χ0v) is 23.4. The van der Waals surface area contributed by atoms with Gasteiger partial charge in [-0.2, -0.15) is 0 Å². The maximum atomic E-state index is 10.8. The van der Waals surface area contributed by atoms with Gasteiger partial charge in [0.05, 0.1) is 6.61 Å². The van der Waals surface area contributed by atoms with E-state index in [0.29, 0.717) is 11.8 Å². The first kappa shape index (κ1) is 28.8. The molecule has 0 bridgehead atoms. The van der Waals surface area contributed by atoms with Crippen molar-refractivity contribution in [2.45, 2.75) is 58.1 Å². The number of aliphatic hydroxyl groups is 2. The van der Waals surface area contributed by atoms with Crippen LogP contribution in [-0.2, 0) is 6.42 Å². The smallest absolute Gasteiger partial charge is 0.225 e. The number of anilines is 1. The zero-order chi connectivity index (χ0) is 25.6. The van der Waals surface area contributed by atoms with Crippen LogP contribution in [0.5, 0.6) is 5.75 Å². The van der Waals surface area contributed by atoms with Crippen molar-refractivity contribution in [3.05, 3.63) is 53.9 Å². The number of benzene rings is 1. The molecule has 3 heterocycles. The average Bonchev–Trinajstić information content (AvgIpc) is 3.46. The van der Waals surface area contributed by atoms with Crippen LogP contribution in [0, 0.1) is 17.8 Å². The topological polar surface area (TPSA) is 82.0 Å². The normalized spacial score (nSPS) is 23.6. The SMILES string of the molecule is CCc1cnc(N2CCC(COc3ccc(C4=CCC(C(O)N5CC[C@H](CO)C5)CC4)cc3)CC2)nc1.Cl. The van der Waals surface area contributed by atoms with Gasteiger partial charge in [-0.05, 0) is 85.6 Å². The van der Waals surface area contributed by atoms with Crippen LogP contribution in [0.25, 0.3) is 5.57 Å². The molecule has 2 aromatic rings. The number of aromatic nitrogens is 2. The van der Waals surface area contributed by atoms with Gasteiger partial charge >= 0.3 is 0 Å². The Morgan fingerprint density at radius 1 is 1.00 bits per heavy atom. The molecule has 0 spiro atoms. The summed E-state index contributed by atoms with van der Waals surface area (Å²) in [5.74, 6) is 2.92. The number of ether oxygens (including phenoxy) is 1. The third-order valence-electron chi connectivity index (χ3n) is 8.53. The Kier molecular flexibility index (Phi) is 10.4. The number of rotatable bonds is 9. The summed E-state index contributed by atoms with van der Waals surface area (Å²) in [4.78, 5) is 13.5. The monoisotopic (exact) mass is 542 g/mol. The summed E-state index contributed by atoms with van der Waals surface area (Å²) in [7, 11) is 0. The van der Waals surface area contributed by atoms with E-state index in [1.165, 1.54) is 16.7 Å². The summed E-state index contributed by atoms with van der Waals surface area (Å²) in [5.41, 5.74) is 3.80. The number of piperidine rings is 1. The number of aliphatic hydroxyl groups excluding tert-OH is 2. The van der Waals surface area contributed by atoms with Gasteiger partial charge in [0.2, 0.25) is 5.95 Å².